The van der Waals surface area contributed by atoms with Crippen LogP contribution in [0.4, 0.5) is 9.41 Å². The fourth-order valence-electron chi connectivity index (χ4n) is 0. The van der Waals surface area contributed by atoms with Crippen LogP contribution in [0.15, 0.2) is 0 Å². The zero-order valence-electron chi connectivity index (χ0n) is 0.816. The molecule has 0 rings (SSSR count). The summed E-state index contributed by atoms with van der Waals surface area (Å²) in [7, 11) is 0. The standard InChI is InChI=1S/Al.2FH.Li.4H/h;2*1H;;;;;. The zero-order valence-corrected chi connectivity index (χ0v) is 0.816. The molecule has 24 valence electrons. The van der Waals surface area contributed by atoms with E-state index in [2.05, 4.69) is 0 Å². The first kappa shape index (κ1) is 81.1. The molecule has 0 bridgehead atoms. The van der Waals surface area contributed by atoms with Gasteiger partial charge in [0.15, 0.2) is 17.4 Å². The van der Waals surface area contributed by atoms with Gasteiger partial charge in [0, 0.05) is 0 Å². The van der Waals surface area contributed by atoms with Crippen LogP contribution in [-0.4, -0.2) is 36.2 Å². The number of halogens is 2. The van der Waals surface area contributed by atoms with Gasteiger partial charge in [-0.05, 0) is 0 Å². The van der Waals surface area contributed by atoms with Crippen molar-refractivity contribution in [3.05, 3.63) is 0 Å². The molecular formula is H6AlF2Li. The van der Waals surface area contributed by atoms with Gasteiger partial charge in [-0.1, -0.05) is 0 Å². The Kier molecular flexibility index (Phi) is 738. The van der Waals surface area contributed by atoms with E-state index in [-0.39, 0.29) is 45.6 Å². The molecule has 0 saturated carbocycles. The Balaban J connectivity index is 0. The summed E-state index contributed by atoms with van der Waals surface area (Å²) in [6, 6.07) is 0. The SMILES string of the molecule is F.F.[AlH3].[LiH]. The first-order chi connectivity index (χ1) is 0. The van der Waals surface area contributed by atoms with Gasteiger partial charge in [-0.3, -0.25) is 9.41 Å². The van der Waals surface area contributed by atoms with Crippen LogP contribution in [0.5, 0.6) is 0 Å². The van der Waals surface area contributed by atoms with Gasteiger partial charge in [0.05, 0.1) is 0 Å². The number of hydrogen-bond acceptors (Lipinski definition) is 0. The van der Waals surface area contributed by atoms with Crippen molar-refractivity contribution < 1.29 is 9.41 Å². The third kappa shape index (κ3) is 12.1. The minimum atomic E-state index is 0. The molecule has 4 heavy (non-hydrogen) atoms. The van der Waals surface area contributed by atoms with Gasteiger partial charge in [0.25, 0.3) is 0 Å². The van der Waals surface area contributed by atoms with Gasteiger partial charge < -0.3 is 0 Å². The van der Waals surface area contributed by atoms with E-state index >= 15 is 0 Å². The van der Waals surface area contributed by atoms with Crippen molar-refractivity contribution in [2.45, 2.75) is 0 Å². The van der Waals surface area contributed by atoms with Crippen molar-refractivity contribution in [2.24, 2.45) is 0 Å². The average Bonchev–Trinajstić information content (AvgIpc) is 0. The molecule has 4 heteroatoms. The van der Waals surface area contributed by atoms with Crippen molar-refractivity contribution in [2.75, 3.05) is 0 Å². The molecular weight excluding hydrogens is 71.9 g/mol. The second-order valence-corrected chi connectivity index (χ2v) is 0. The van der Waals surface area contributed by atoms with E-state index in [0.717, 1.165) is 0 Å². The summed E-state index contributed by atoms with van der Waals surface area (Å²) in [5.41, 5.74) is 0. The molecule has 0 aliphatic rings. The van der Waals surface area contributed by atoms with Gasteiger partial charge in [0.1, 0.15) is 0 Å². The van der Waals surface area contributed by atoms with Crippen LogP contribution in [0.25, 0.3) is 0 Å². The molecule has 0 amide bonds. The van der Waals surface area contributed by atoms with Crippen molar-refractivity contribution in [3.63, 3.8) is 0 Å². The van der Waals surface area contributed by atoms with Gasteiger partial charge in [0.2, 0.25) is 0 Å². The van der Waals surface area contributed by atoms with Gasteiger partial charge >= 0.3 is 18.9 Å². The van der Waals surface area contributed by atoms with E-state index in [1.54, 1.807) is 0 Å². The third-order valence-electron chi connectivity index (χ3n) is 0. The van der Waals surface area contributed by atoms with Crippen molar-refractivity contribution >= 4 is 36.2 Å². The quantitative estimate of drug-likeness (QED) is 0.308. The first-order valence-corrected chi connectivity index (χ1v) is 0. The molecule has 0 atom stereocenters. The van der Waals surface area contributed by atoms with Crippen LogP contribution in [0.3, 0.4) is 0 Å². The monoisotopic (exact) mass is 78.0 g/mol. The normalized spacial score (nSPS) is 0. The number of rotatable bonds is 0. The summed E-state index contributed by atoms with van der Waals surface area (Å²) in [4.78, 5) is 0. The molecule has 0 saturated heterocycles. The van der Waals surface area contributed by atoms with Crippen LogP contribution < -0.4 is 0 Å². The molecule has 0 aromatic rings. The molecule has 0 aromatic carbocycles. The van der Waals surface area contributed by atoms with E-state index < -0.39 is 0 Å². The summed E-state index contributed by atoms with van der Waals surface area (Å²) in [6.45, 7) is 0. The Bertz CT molecular complexity index is 6.00. The number of hydrogen-bond donors (Lipinski definition) is 0. The second-order valence-electron chi connectivity index (χ2n) is 0. The topological polar surface area (TPSA) is 0 Å². The van der Waals surface area contributed by atoms with Crippen molar-refractivity contribution in [1.29, 1.82) is 0 Å². The molecule has 0 heterocycles. The predicted molar refractivity (Wildman–Crippen MR) is 22.1 cm³/mol. The van der Waals surface area contributed by atoms with E-state index in [1.807, 2.05) is 0 Å². The Labute approximate surface area is 46.0 Å². The average molecular weight is 78.0 g/mol. The Morgan fingerprint density at radius 1 is 0.750 bits per heavy atom. The zero-order chi connectivity index (χ0) is 0. The van der Waals surface area contributed by atoms with Crippen molar-refractivity contribution in [1.82, 2.24) is 0 Å². The van der Waals surface area contributed by atoms with Gasteiger partial charge in [-0.2, -0.15) is 0 Å². The molecule has 0 aliphatic heterocycles. The maximum absolute atomic E-state index is 0. The van der Waals surface area contributed by atoms with Crippen LogP contribution in [0, 0.1) is 0 Å². The van der Waals surface area contributed by atoms with Gasteiger partial charge in [-0.15, -0.1) is 0 Å². The van der Waals surface area contributed by atoms with Crippen LogP contribution in [0.2, 0.25) is 0 Å². The minimum absolute atomic E-state index is 0. The molecule has 0 aliphatic carbocycles. The Morgan fingerprint density at radius 3 is 0.750 bits per heavy atom. The first-order valence-electron chi connectivity index (χ1n) is 0. The molecule has 0 spiro atoms. The molecule has 0 nitrogen and oxygen atoms in total. The summed E-state index contributed by atoms with van der Waals surface area (Å²) in [5, 5.41) is 0. The molecule has 0 aromatic heterocycles. The van der Waals surface area contributed by atoms with Crippen LogP contribution in [-0.2, 0) is 0 Å². The Morgan fingerprint density at radius 2 is 0.750 bits per heavy atom. The van der Waals surface area contributed by atoms with E-state index in [4.69, 9.17) is 0 Å². The maximum atomic E-state index is 0. The second kappa shape index (κ2) is 36.4. The fourth-order valence-corrected chi connectivity index (χ4v) is 0. The van der Waals surface area contributed by atoms with E-state index in [1.165, 1.54) is 0 Å². The third-order valence-corrected chi connectivity index (χ3v) is 0. The summed E-state index contributed by atoms with van der Waals surface area (Å²) in [6.07, 6.45) is 0. The van der Waals surface area contributed by atoms with Crippen molar-refractivity contribution in [3.8, 4) is 0 Å². The molecule has 0 unspecified atom stereocenters. The predicted octanol–water partition coefficient (Wildman–Crippen LogP) is -1.53. The summed E-state index contributed by atoms with van der Waals surface area (Å²) >= 11 is 0. The fraction of sp³-hybridized carbons (Fsp3) is 0. The van der Waals surface area contributed by atoms with Gasteiger partial charge in [-0.25, -0.2) is 0 Å². The van der Waals surface area contributed by atoms with E-state index in [9.17, 15) is 0 Å². The van der Waals surface area contributed by atoms with Crippen LogP contribution >= 0.6 is 0 Å². The molecule has 0 radical (unpaired) electrons. The molecule has 0 N–H and O–H groups in total. The summed E-state index contributed by atoms with van der Waals surface area (Å²) < 4.78 is 0. The summed E-state index contributed by atoms with van der Waals surface area (Å²) in [5.74, 6) is 0. The van der Waals surface area contributed by atoms with Crippen LogP contribution in [0.1, 0.15) is 0 Å². The Hall–Kier alpha value is 0.990. The van der Waals surface area contributed by atoms with E-state index in [0.29, 0.717) is 0 Å². The molecule has 0 fully saturated rings.